The molecule has 1 aromatic rings. The largest absolute Gasteiger partial charge is 0.493 e. The van der Waals surface area contributed by atoms with E-state index in [1.807, 2.05) is 39.0 Å². The number of carbonyl (C=O) groups is 1. The van der Waals surface area contributed by atoms with Gasteiger partial charge < -0.3 is 14.2 Å². The van der Waals surface area contributed by atoms with E-state index in [4.69, 9.17) is 14.2 Å². The molecule has 4 nitrogen and oxygen atoms in total. The summed E-state index contributed by atoms with van der Waals surface area (Å²) in [4.78, 5) is 12.0. The standard InChI is InChI=1S/C19H26O4/c1-5-22-18(20)13-19(10-6-7-11-19)15-8-9-16(23-14(2)3)17(12-15)21-4/h6,8-10,12,14H,5,7,11,13H2,1-4H3. The lowest BCUT2D eigenvalue weighted by Gasteiger charge is -2.28. The molecule has 23 heavy (non-hydrogen) atoms. The Kier molecular flexibility index (Phi) is 5.69. The van der Waals surface area contributed by atoms with Gasteiger partial charge in [-0.15, -0.1) is 0 Å². The van der Waals surface area contributed by atoms with E-state index in [-0.39, 0.29) is 17.5 Å². The molecule has 0 N–H and O–H groups in total. The molecule has 4 heteroatoms. The van der Waals surface area contributed by atoms with Crippen molar-refractivity contribution in [1.82, 2.24) is 0 Å². The molecular formula is C19H26O4. The molecule has 0 saturated carbocycles. The summed E-state index contributed by atoms with van der Waals surface area (Å²) in [5, 5.41) is 0. The molecule has 2 rings (SSSR count). The zero-order chi connectivity index (χ0) is 16.9. The van der Waals surface area contributed by atoms with Crippen LogP contribution in [0, 0.1) is 0 Å². The number of hydrogen-bond acceptors (Lipinski definition) is 4. The third kappa shape index (κ3) is 4.06. The minimum Gasteiger partial charge on any atom is -0.493 e. The summed E-state index contributed by atoms with van der Waals surface area (Å²) in [5.41, 5.74) is 0.753. The fourth-order valence-electron chi connectivity index (χ4n) is 3.02. The highest BCUT2D eigenvalue weighted by Gasteiger charge is 2.35. The molecule has 0 aliphatic heterocycles. The molecule has 0 fully saturated rings. The Bertz CT molecular complexity index is 577. The summed E-state index contributed by atoms with van der Waals surface area (Å²) in [7, 11) is 1.63. The fraction of sp³-hybridized carbons (Fsp3) is 0.526. The van der Waals surface area contributed by atoms with Gasteiger partial charge in [-0.3, -0.25) is 4.79 Å². The quantitative estimate of drug-likeness (QED) is 0.562. The zero-order valence-electron chi connectivity index (χ0n) is 14.4. The minimum atomic E-state index is -0.310. The minimum absolute atomic E-state index is 0.0784. The third-order valence-corrected chi connectivity index (χ3v) is 4.06. The molecule has 1 aliphatic rings. The number of hydrogen-bond donors (Lipinski definition) is 0. The summed E-state index contributed by atoms with van der Waals surface area (Å²) in [5.74, 6) is 1.25. The van der Waals surface area contributed by atoms with Crippen LogP contribution in [0.25, 0.3) is 0 Å². The van der Waals surface area contributed by atoms with Crippen molar-refractivity contribution in [2.75, 3.05) is 13.7 Å². The van der Waals surface area contributed by atoms with E-state index in [9.17, 15) is 4.79 Å². The van der Waals surface area contributed by atoms with Crippen molar-refractivity contribution in [3.8, 4) is 11.5 Å². The Hall–Kier alpha value is -1.97. The summed E-state index contributed by atoms with van der Waals surface area (Å²) in [6, 6.07) is 5.93. The number of ether oxygens (including phenoxy) is 3. The van der Waals surface area contributed by atoms with Crippen LogP contribution in [0.4, 0.5) is 0 Å². The summed E-state index contributed by atoms with van der Waals surface area (Å²) in [6.07, 6.45) is 6.55. The van der Waals surface area contributed by atoms with Crippen molar-refractivity contribution in [3.63, 3.8) is 0 Å². The molecule has 0 heterocycles. The third-order valence-electron chi connectivity index (χ3n) is 4.06. The van der Waals surface area contributed by atoms with E-state index in [0.29, 0.717) is 18.8 Å². The van der Waals surface area contributed by atoms with Gasteiger partial charge in [-0.2, -0.15) is 0 Å². The first-order chi connectivity index (χ1) is 11.0. The van der Waals surface area contributed by atoms with Crippen LogP contribution in [0.1, 0.15) is 45.6 Å². The van der Waals surface area contributed by atoms with Gasteiger partial charge in [0.15, 0.2) is 11.5 Å². The highest BCUT2D eigenvalue weighted by atomic mass is 16.5. The zero-order valence-corrected chi connectivity index (χ0v) is 14.4. The van der Waals surface area contributed by atoms with Crippen molar-refractivity contribution >= 4 is 5.97 Å². The lowest BCUT2D eigenvalue weighted by molar-refractivity contribution is -0.144. The highest BCUT2D eigenvalue weighted by Crippen LogP contribution is 2.42. The van der Waals surface area contributed by atoms with Crippen LogP contribution < -0.4 is 9.47 Å². The fourth-order valence-corrected chi connectivity index (χ4v) is 3.02. The van der Waals surface area contributed by atoms with Crippen LogP contribution in [-0.2, 0) is 14.9 Å². The number of benzene rings is 1. The average molecular weight is 318 g/mol. The second-order valence-electron chi connectivity index (χ2n) is 6.11. The van der Waals surface area contributed by atoms with Crippen LogP contribution in [0.15, 0.2) is 30.4 Å². The Morgan fingerprint density at radius 1 is 1.30 bits per heavy atom. The Labute approximate surface area is 138 Å². The number of carbonyl (C=O) groups excluding carboxylic acids is 1. The van der Waals surface area contributed by atoms with Gasteiger partial charge in [-0.1, -0.05) is 18.2 Å². The molecule has 0 radical (unpaired) electrons. The predicted octanol–water partition coefficient (Wildman–Crippen LogP) is 4.02. The van der Waals surface area contributed by atoms with E-state index in [1.54, 1.807) is 7.11 Å². The molecule has 1 aromatic carbocycles. The lowest BCUT2D eigenvalue weighted by atomic mass is 9.77. The summed E-state index contributed by atoms with van der Waals surface area (Å²) < 4.78 is 16.4. The number of rotatable bonds is 7. The Balaban J connectivity index is 2.33. The maximum Gasteiger partial charge on any atom is 0.306 e. The topological polar surface area (TPSA) is 44.8 Å². The first-order valence-electron chi connectivity index (χ1n) is 8.19. The van der Waals surface area contributed by atoms with Crippen molar-refractivity contribution in [2.45, 2.75) is 51.6 Å². The van der Waals surface area contributed by atoms with E-state index in [1.165, 1.54) is 0 Å². The van der Waals surface area contributed by atoms with E-state index < -0.39 is 0 Å². The maximum absolute atomic E-state index is 12.0. The van der Waals surface area contributed by atoms with Gasteiger partial charge in [0.25, 0.3) is 0 Å². The maximum atomic E-state index is 12.0. The van der Waals surface area contributed by atoms with Gasteiger partial charge in [-0.25, -0.2) is 0 Å². The molecule has 0 spiro atoms. The number of allylic oxidation sites excluding steroid dienone is 2. The molecule has 0 saturated heterocycles. The number of methoxy groups -OCH3 is 1. The molecule has 126 valence electrons. The second-order valence-corrected chi connectivity index (χ2v) is 6.11. The summed E-state index contributed by atoms with van der Waals surface area (Å²) in [6.45, 7) is 6.20. The van der Waals surface area contributed by atoms with Crippen LogP contribution in [0.3, 0.4) is 0 Å². The van der Waals surface area contributed by atoms with Gasteiger partial charge in [0, 0.05) is 5.41 Å². The Morgan fingerprint density at radius 3 is 2.65 bits per heavy atom. The van der Waals surface area contributed by atoms with Crippen LogP contribution >= 0.6 is 0 Å². The summed E-state index contributed by atoms with van der Waals surface area (Å²) >= 11 is 0. The first-order valence-corrected chi connectivity index (χ1v) is 8.19. The van der Waals surface area contributed by atoms with Crippen LogP contribution in [0.2, 0.25) is 0 Å². The molecule has 1 aliphatic carbocycles. The van der Waals surface area contributed by atoms with Gasteiger partial charge in [0.05, 0.1) is 26.2 Å². The van der Waals surface area contributed by atoms with Crippen molar-refractivity contribution in [3.05, 3.63) is 35.9 Å². The van der Waals surface area contributed by atoms with Gasteiger partial charge >= 0.3 is 5.97 Å². The molecular weight excluding hydrogens is 292 g/mol. The monoisotopic (exact) mass is 318 g/mol. The smallest absolute Gasteiger partial charge is 0.306 e. The van der Waals surface area contributed by atoms with Gasteiger partial charge in [-0.05, 0) is 51.3 Å². The average Bonchev–Trinajstić information content (AvgIpc) is 2.96. The van der Waals surface area contributed by atoms with E-state index >= 15 is 0 Å². The first kappa shape index (κ1) is 17.4. The highest BCUT2D eigenvalue weighted by molar-refractivity contribution is 5.72. The second kappa shape index (κ2) is 7.53. The molecule has 0 amide bonds. The Morgan fingerprint density at radius 2 is 2.09 bits per heavy atom. The lowest BCUT2D eigenvalue weighted by Crippen LogP contribution is -2.26. The molecule has 0 aromatic heterocycles. The van der Waals surface area contributed by atoms with E-state index in [2.05, 4.69) is 12.2 Å². The normalized spacial score (nSPS) is 19.9. The molecule has 0 bridgehead atoms. The molecule has 1 unspecified atom stereocenters. The molecule has 1 atom stereocenters. The predicted molar refractivity (Wildman–Crippen MR) is 90.1 cm³/mol. The van der Waals surface area contributed by atoms with Crippen LogP contribution in [0.5, 0.6) is 11.5 Å². The number of esters is 1. The SMILES string of the molecule is CCOC(=O)CC1(c2ccc(OC(C)C)c(OC)c2)C=CCC1. The van der Waals surface area contributed by atoms with Crippen molar-refractivity contribution in [2.24, 2.45) is 0 Å². The van der Waals surface area contributed by atoms with Crippen molar-refractivity contribution < 1.29 is 19.0 Å². The van der Waals surface area contributed by atoms with Gasteiger partial charge in [0.2, 0.25) is 0 Å². The van der Waals surface area contributed by atoms with Gasteiger partial charge in [0.1, 0.15) is 0 Å². The van der Waals surface area contributed by atoms with Crippen LogP contribution in [-0.4, -0.2) is 25.8 Å². The van der Waals surface area contributed by atoms with Crippen molar-refractivity contribution in [1.29, 1.82) is 0 Å². The van der Waals surface area contributed by atoms with E-state index in [0.717, 1.165) is 24.2 Å².